The fraction of sp³-hybridized carbons (Fsp3) is 0.375. The van der Waals surface area contributed by atoms with Crippen LogP contribution < -0.4 is 16.8 Å². The SMILES string of the molecule is CC(CC(N)=O)Nc1cnc(N)cn1. The Kier molecular flexibility index (Phi) is 3.22. The van der Waals surface area contributed by atoms with E-state index in [0.717, 1.165) is 0 Å². The predicted octanol–water partition coefficient (Wildman–Crippen LogP) is -0.265. The van der Waals surface area contributed by atoms with Crippen LogP contribution in [0.5, 0.6) is 0 Å². The van der Waals surface area contributed by atoms with E-state index in [1.807, 2.05) is 6.92 Å². The molecule has 1 rings (SSSR count). The first kappa shape index (κ1) is 10.2. The summed E-state index contributed by atoms with van der Waals surface area (Å²) in [6.45, 7) is 1.84. The average Bonchev–Trinajstić information content (AvgIpc) is 2.07. The van der Waals surface area contributed by atoms with Crippen LogP contribution in [0.3, 0.4) is 0 Å². The van der Waals surface area contributed by atoms with E-state index < -0.39 is 0 Å². The molecule has 1 aromatic heterocycles. The molecule has 6 nitrogen and oxygen atoms in total. The fourth-order valence-electron chi connectivity index (χ4n) is 1.02. The molecular weight excluding hydrogens is 182 g/mol. The lowest BCUT2D eigenvalue weighted by Gasteiger charge is -2.11. The second-order valence-electron chi connectivity index (χ2n) is 3.04. The van der Waals surface area contributed by atoms with E-state index in [2.05, 4.69) is 15.3 Å². The van der Waals surface area contributed by atoms with Crippen molar-refractivity contribution in [2.75, 3.05) is 11.1 Å². The third kappa shape index (κ3) is 3.26. The molecule has 0 spiro atoms. The highest BCUT2D eigenvalue weighted by Crippen LogP contribution is 2.05. The van der Waals surface area contributed by atoms with E-state index in [9.17, 15) is 4.79 Å². The summed E-state index contributed by atoms with van der Waals surface area (Å²) in [7, 11) is 0. The van der Waals surface area contributed by atoms with Gasteiger partial charge < -0.3 is 16.8 Å². The van der Waals surface area contributed by atoms with Crippen molar-refractivity contribution >= 4 is 17.5 Å². The summed E-state index contributed by atoms with van der Waals surface area (Å²) in [4.78, 5) is 18.4. The first-order valence-electron chi connectivity index (χ1n) is 4.20. The molecule has 0 aliphatic rings. The molecule has 0 aromatic carbocycles. The van der Waals surface area contributed by atoms with Gasteiger partial charge in [-0.1, -0.05) is 0 Å². The number of nitrogens with two attached hydrogens (primary N) is 2. The first-order chi connectivity index (χ1) is 6.58. The number of anilines is 2. The zero-order chi connectivity index (χ0) is 10.6. The molecule has 0 aliphatic heterocycles. The van der Waals surface area contributed by atoms with Gasteiger partial charge in [-0.15, -0.1) is 0 Å². The summed E-state index contributed by atoms with van der Waals surface area (Å²) in [5.41, 5.74) is 10.4. The molecule has 1 heterocycles. The summed E-state index contributed by atoms with van der Waals surface area (Å²) in [6, 6.07) is -0.0644. The Balaban J connectivity index is 2.51. The van der Waals surface area contributed by atoms with Gasteiger partial charge in [0.05, 0.1) is 12.4 Å². The van der Waals surface area contributed by atoms with Crippen molar-refractivity contribution in [2.24, 2.45) is 5.73 Å². The van der Waals surface area contributed by atoms with Crippen LogP contribution in [0.1, 0.15) is 13.3 Å². The molecule has 1 unspecified atom stereocenters. The molecule has 1 amide bonds. The zero-order valence-electron chi connectivity index (χ0n) is 7.90. The van der Waals surface area contributed by atoms with Gasteiger partial charge in [-0.3, -0.25) is 4.79 Å². The average molecular weight is 195 g/mol. The molecule has 1 atom stereocenters. The maximum atomic E-state index is 10.6. The van der Waals surface area contributed by atoms with Crippen molar-refractivity contribution in [3.05, 3.63) is 12.4 Å². The van der Waals surface area contributed by atoms with E-state index in [0.29, 0.717) is 11.6 Å². The number of amides is 1. The van der Waals surface area contributed by atoms with Crippen molar-refractivity contribution in [1.29, 1.82) is 0 Å². The van der Waals surface area contributed by atoms with Crippen LogP contribution in [0.25, 0.3) is 0 Å². The molecule has 0 fully saturated rings. The lowest BCUT2D eigenvalue weighted by molar-refractivity contribution is -0.118. The van der Waals surface area contributed by atoms with Gasteiger partial charge in [0.1, 0.15) is 11.6 Å². The minimum absolute atomic E-state index is 0.0644. The lowest BCUT2D eigenvalue weighted by Crippen LogP contribution is -2.24. The molecular formula is C8H13N5O. The van der Waals surface area contributed by atoms with Crippen LogP contribution in [0.2, 0.25) is 0 Å². The highest BCUT2D eigenvalue weighted by molar-refractivity contribution is 5.74. The number of hydrogen-bond acceptors (Lipinski definition) is 5. The number of nitrogens with zero attached hydrogens (tertiary/aromatic N) is 2. The van der Waals surface area contributed by atoms with Gasteiger partial charge in [0.15, 0.2) is 0 Å². The topological polar surface area (TPSA) is 107 Å². The number of carbonyl (C=O) groups excluding carboxylic acids is 1. The Hall–Kier alpha value is -1.85. The number of rotatable bonds is 4. The predicted molar refractivity (Wildman–Crippen MR) is 53.3 cm³/mol. The van der Waals surface area contributed by atoms with Gasteiger partial charge in [-0.05, 0) is 6.92 Å². The molecule has 0 radical (unpaired) electrons. The van der Waals surface area contributed by atoms with Gasteiger partial charge in [0, 0.05) is 12.5 Å². The molecule has 0 aliphatic carbocycles. The highest BCUT2D eigenvalue weighted by Gasteiger charge is 2.06. The minimum atomic E-state index is -0.353. The van der Waals surface area contributed by atoms with Crippen LogP contribution >= 0.6 is 0 Å². The second kappa shape index (κ2) is 4.40. The third-order valence-electron chi connectivity index (χ3n) is 1.57. The van der Waals surface area contributed by atoms with E-state index >= 15 is 0 Å². The summed E-state index contributed by atoms with van der Waals surface area (Å²) < 4.78 is 0. The third-order valence-corrected chi connectivity index (χ3v) is 1.57. The van der Waals surface area contributed by atoms with Crippen molar-refractivity contribution in [3.63, 3.8) is 0 Å². The summed E-state index contributed by atoms with van der Waals surface area (Å²) >= 11 is 0. The smallest absolute Gasteiger partial charge is 0.219 e. The maximum Gasteiger partial charge on any atom is 0.219 e. The lowest BCUT2D eigenvalue weighted by atomic mass is 10.2. The Bertz CT molecular complexity index is 310. The summed E-state index contributed by atoms with van der Waals surface area (Å²) in [5.74, 6) is 0.583. The van der Waals surface area contributed by atoms with Gasteiger partial charge in [-0.25, -0.2) is 9.97 Å². The maximum absolute atomic E-state index is 10.6. The van der Waals surface area contributed by atoms with Gasteiger partial charge in [0.25, 0.3) is 0 Å². The largest absolute Gasteiger partial charge is 0.382 e. The highest BCUT2D eigenvalue weighted by atomic mass is 16.1. The number of primary amides is 1. The van der Waals surface area contributed by atoms with Crippen LogP contribution in [0.15, 0.2) is 12.4 Å². The van der Waals surface area contributed by atoms with Crippen molar-refractivity contribution in [1.82, 2.24) is 9.97 Å². The fourth-order valence-corrected chi connectivity index (χ4v) is 1.02. The van der Waals surface area contributed by atoms with E-state index in [-0.39, 0.29) is 18.4 Å². The molecule has 0 saturated heterocycles. The molecule has 1 aromatic rings. The van der Waals surface area contributed by atoms with Crippen LogP contribution in [0.4, 0.5) is 11.6 Å². The van der Waals surface area contributed by atoms with Crippen LogP contribution in [-0.4, -0.2) is 21.9 Å². The summed E-state index contributed by atoms with van der Waals surface area (Å²) in [5, 5.41) is 2.97. The minimum Gasteiger partial charge on any atom is -0.382 e. The normalized spacial score (nSPS) is 12.1. The molecule has 6 heteroatoms. The molecule has 14 heavy (non-hydrogen) atoms. The Labute approximate surface area is 81.7 Å². The Morgan fingerprint density at radius 1 is 1.57 bits per heavy atom. The quantitative estimate of drug-likeness (QED) is 0.613. The van der Waals surface area contributed by atoms with E-state index in [1.165, 1.54) is 12.4 Å². The standard InChI is InChI=1S/C8H13N5O/c1-5(2-7(10)14)13-8-4-11-6(9)3-12-8/h3-5H,2H2,1H3,(H2,9,11)(H2,10,14)(H,12,13). The van der Waals surface area contributed by atoms with Crippen molar-refractivity contribution in [2.45, 2.75) is 19.4 Å². The number of hydrogen-bond donors (Lipinski definition) is 3. The van der Waals surface area contributed by atoms with Crippen molar-refractivity contribution in [3.8, 4) is 0 Å². The molecule has 0 bridgehead atoms. The second-order valence-corrected chi connectivity index (χ2v) is 3.04. The molecule has 0 saturated carbocycles. The number of nitrogen functional groups attached to an aromatic ring is 1. The van der Waals surface area contributed by atoms with Gasteiger partial charge in [0.2, 0.25) is 5.91 Å². The van der Waals surface area contributed by atoms with Gasteiger partial charge in [-0.2, -0.15) is 0 Å². The first-order valence-corrected chi connectivity index (χ1v) is 4.20. The summed E-state index contributed by atoms with van der Waals surface area (Å²) in [6.07, 6.45) is 3.21. The number of nitrogens with one attached hydrogen (secondary N) is 1. The molecule has 76 valence electrons. The van der Waals surface area contributed by atoms with Gasteiger partial charge >= 0.3 is 0 Å². The molecule has 5 N–H and O–H groups in total. The Morgan fingerprint density at radius 3 is 2.79 bits per heavy atom. The van der Waals surface area contributed by atoms with Crippen LogP contribution in [-0.2, 0) is 4.79 Å². The zero-order valence-corrected chi connectivity index (χ0v) is 7.90. The van der Waals surface area contributed by atoms with E-state index in [4.69, 9.17) is 11.5 Å². The number of carbonyl (C=O) groups is 1. The Morgan fingerprint density at radius 2 is 2.29 bits per heavy atom. The number of aromatic nitrogens is 2. The monoisotopic (exact) mass is 195 g/mol. The van der Waals surface area contributed by atoms with Crippen molar-refractivity contribution < 1.29 is 4.79 Å². The van der Waals surface area contributed by atoms with E-state index in [1.54, 1.807) is 0 Å². The van der Waals surface area contributed by atoms with Crippen LogP contribution in [0, 0.1) is 0 Å².